The number of anilines is 6. The molecule has 0 aliphatic carbocycles. The minimum atomic E-state index is 0.885. The van der Waals surface area contributed by atoms with Crippen LogP contribution in [-0.2, 0) is 0 Å². The first-order chi connectivity index (χ1) is 44.1. The quantitative estimate of drug-likeness (QED) is 0.122. The molecule has 0 aliphatic rings. The van der Waals surface area contributed by atoms with Gasteiger partial charge in [0.05, 0.1) is 32.8 Å². The Kier molecular flexibility index (Phi) is 12.5. The molecule has 14 aromatic carbocycles. The van der Waals surface area contributed by atoms with Gasteiger partial charge in [0.1, 0.15) is 11.2 Å². The molecule has 0 radical (unpaired) electrons. The molecule has 0 amide bonds. The van der Waals surface area contributed by atoms with E-state index in [1.807, 2.05) is 0 Å². The monoisotopic (exact) mass is 1140 g/mol. The van der Waals surface area contributed by atoms with Gasteiger partial charge < -0.3 is 23.4 Å². The molecule has 0 unspecified atom stereocenters. The zero-order valence-corrected chi connectivity index (χ0v) is 48.5. The zero-order chi connectivity index (χ0) is 58.8. The van der Waals surface area contributed by atoms with Crippen LogP contribution in [0.1, 0.15) is 0 Å². The minimum absolute atomic E-state index is 0.885. The fraction of sp³-hybridized carbons (Fsp3) is 0. The molecule has 17 rings (SSSR count). The molecule has 5 heteroatoms. The van der Waals surface area contributed by atoms with E-state index in [1.165, 1.54) is 44.5 Å². The van der Waals surface area contributed by atoms with Crippen LogP contribution in [-0.4, -0.2) is 9.13 Å². The molecule has 0 spiro atoms. The molecule has 0 saturated carbocycles. The average molecular weight is 1140 g/mol. The molecule has 0 atom stereocenters. The highest BCUT2D eigenvalue weighted by atomic mass is 16.3. The van der Waals surface area contributed by atoms with Crippen molar-refractivity contribution in [1.29, 1.82) is 0 Å². The Balaban J connectivity index is 0.752. The van der Waals surface area contributed by atoms with Crippen LogP contribution in [0.25, 0.3) is 121 Å². The summed E-state index contributed by atoms with van der Waals surface area (Å²) in [6, 6.07) is 122. The Morgan fingerprint density at radius 1 is 0.191 bits per heavy atom. The van der Waals surface area contributed by atoms with E-state index in [0.717, 1.165) is 111 Å². The van der Waals surface area contributed by atoms with E-state index < -0.39 is 0 Å². The number of nitrogens with zero attached hydrogens (tertiary/aromatic N) is 4. The second kappa shape index (κ2) is 21.5. The number of hydrogen-bond acceptors (Lipinski definition) is 3. The van der Waals surface area contributed by atoms with Crippen molar-refractivity contribution in [2.45, 2.75) is 0 Å². The van der Waals surface area contributed by atoms with Crippen molar-refractivity contribution in [3.8, 4) is 55.9 Å². The van der Waals surface area contributed by atoms with Gasteiger partial charge in [-0.3, -0.25) is 0 Å². The van der Waals surface area contributed by atoms with Crippen LogP contribution >= 0.6 is 0 Å². The second-order valence-electron chi connectivity index (χ2n) is 22.8. The lowest BCUT2D eigenvalue weighted by atomic mass is 10.0. The fourth-order valence-electron chi connectivity index (χ4n) is 13.5. The highest BCUT2D eigenvalue weighted by Gasteiger charge is 2.24. The summed E-state index contributed by atoms with van der Waals surface area (Å²) < 4.78 is 12.2. The Morgan fingerprint density at radius 3 is 0.730 bits per heavy atom. The van der Waals surface area contributed by atoms with Crippen LogP contribution in [0, 0.1) is 0 Å². The number of benzene rings is 14. The number of rotatable bonds is 12. The first-order valence-electron chi connectivity index (χ1n) is 30.4. The Labute approximate surface area is 515 Å². The lowest BCUT2D eigenvalue weighted by Crippen LogP contribution is -2.10. The SMILES string of the molecule is c1ccc(-c2ccc(N(c3ccc(-c4ccccc4)cc3)c3ccc(-n4c5ccccc5c5c6oc7c(ccc8c7c7ccccc7n8-c7ccc(N(c8ccc(-c9ccccc9)cc8)c8ccc(-c9ccccc9)cc8)cc7)c6ccc54)cc3)cc2)cc1. The first-order valence-corrected chi connectivity index (χ1v) is 30.4. The van der Waals surface area contributed by atoms with E-state index in [1.54, 1.807) is 0 Å². The second-order valence-corrected chi connectivity index (χ2v) is 22.8. The summed E-state index contributed by atoms with van der Waals surface area (Å²) in [5, 5.41) is 6.66. The maximum atomic E-state index is 7.40. The largest absolute Gasteiger partial charge is 0.455 e. The third-order valence-electron chi connectivity index (χ3n) is 17.7. The van der Waals surface area contributed by atoms with E-state index in [4.69, 9.17) is 4.42 Å². The predicted octanol–water partition coefficient (Wildman–Crippen LogP) is 23.4. The maximum Gasteiger partial charge on any atom is 0.145 e. The Bertz CT molecular complexity index is 4900. The van der Waals surface area contributed by atoms with Gasteiger partial charge in [-0.15, -0.1) is 0 Å². The van der Waals surface area contributed by atoms with Gasteiger partial charge in [-0.05, 0) is 178 Å². The van der Waals surface area contributed by atoms with Gasteiger partial charge in [0, 0.05) is 67.0 Å². The topological polar surface area (TPSA) is 29.5 Å². The smallest absolute Gasteiger partial charge is 0.145 e. The normalized spacial score (nSPS) is 11.6. The lowest BCUT2D eigenvalue weighted by molar-refractivity contribution is 0.677. The van der Waals surface area contributed by atoms with E-state index in [2.05, 4.69) is 359 Å². The van der Waals surface area contributed by atoms with Crippen molar-refractivity contribution in [1.82, 2.24) is 9.13 Å². The summed E-state index contributed by atoms with van der Waals surface area (Å²) in [6.45, 7) is 0. The van der Waals surface area contributed by atoms with Crippen molar-refractivity contribution >= 4 is 99.7 Å². The summed E-state index contributed by atoms with van der Waals surface area (Å²) in [4.78, 5) is 4.69. The fourth-order valence-corrected chi connectivity index (χ4v) is 13.5. The molecule has 0 N–H and O–H groups in total. The number of fused-ring (bicyclic) bond motifs is 11. The van der Waals surface area contributed by atoms with Gasteiger partial charge in [0.2, 0.25) is 0 Å². The van der Waals surface area contributed by atoms with Gasteiger partial charge in [-0.1, -0.05) is 206 Å². The Hall–Kier alpha value is -11.9. The minimum Gasteiger partial charge on any atom is -0.455 e. The number of furan rings is 1. The maximum absolute atomic E-state index is 7.40. The summed E-state index contributed by atoms with van der Waals surface area (Å²) in [6.07, 6.45) is 0. The highest BCUT2D eigenvalue weighted by Crippen LogP contribution is 2.46. The third kappa shape index (κ3) is 8.94. The summed E-state index contributed by atoms with van der Waals surface area (Å²) in [5.41, 5.74) is 24.2. The third-order valence-corrected chi connectivity index (χ3v) is 17.7. The van der Waals surface area contributed by atoms with Crippen molar-refractivity contribution < 1.29 is 4.42 Å². The molecule has 0 bridgehead atoms. The van der Waals surface area contributed by atoms with Crippen molar-refractivity contribution in [2.75, 3.05) is 9.80 Å². The summed E-state index contributed by atoms with van der Waals surface area (Å²) in [5.74, 6) is 0. The molecular weight excluding hydrogens is 1080 g/mol. The van der Waals surface area contributed by atoms with Crippen LogP contribution in [0.15, 0.2) is 344 Å². The molecule has 3 aromatic heterocycles. The van der Waals surface area contributed by atoms with Crippen molar-refractivity contribution in [2.24, 2.45) is 0 Å². The molecule has 0 fully saturated rings. The molecule has 17 aromatic rings. The molecule has 89 heavy (non-hydrogen) atoms. The first kappa shape index (κ1) is 51.5. The van der Waals surface area contributed by atoms with E-state index in [-0.39, 0.29) is 0 Å². The van der Waals surface area contributed by atoms with Gasteiger partial charge >= 0.3 is 0 Å². The molecule has 0 saturated heterocycles. The van der Waals surface area contributed by atoms with Gasteiger partial charge in [-0.2, -0.15) is 0 Å². The molecule has 0 aliphatic heterocycles. The number of aromatic nitrogens is 2. The number of hydrogen-bond donors (Lipinski definition) is 0. The summed E-state index contributed by atoms with van der Waals surface area (Å²) in [7, 11) is 0. The Morgan fingerprint density at radius 2 is 0.438 bits per heavy atom. The standard InChI is InChI=1S/C84H56N4O/c1-5-17-57(18-6-1)61-29-37-65(38-30-61)85(66-39-31-62(32-40-66)58-19-7-2-8-20-58)69-45-49-71(50-46-69)87-77-27-15-13-25-75(77)81-79(87)55-53-73-74-54-56-80-82(84(74)89-83(73)81)76-26-14-16-28-78(76)88(80)72-51-47-70(48-52-72)86(67-41-33-63(34-42-67)59-21-9-3-10-22-59)68-43-35-64(36-44-68)60-23-11-4-12-24-60/h1-56H. The van der Waals surface area contributed by atoms with Gasteiger partial charge in [-0.25, -0.2) is 0 Å². The molecule has 418 valence electrons. The van der Waals surface area contributed by atoms with Crippen molar-refractivity contribution in [3.05, 3.63) is 340 Å². The average Bonchev–Trinajstić information content (AvgIpc) is 1.59. The van der Waals surface area contributed by atoms with E-state index in [9.17, 15) is 0 Å². The summed E-state index contributed by atoms with van der Waals surface area (Å²) >= 11 is 0. The van der Waals surface area contributed by atoms with Crippen LogP contribution in [0.2, 0.25) is 0 Å². The highest BCUT2D eigenvalue weighted by molar-refractivity contribution is 6.29. The number of para-hydroxylation sites is 2. The van der Waals surface area contributed by atoms with Gasteiger partial charge in [0.15, 0.2) is 0 Å². The van der Waals surface area contributed by atoms with Crippen molar-refractivity contribution in [3.63, 3.8) is 0 Å². The predicted molar refractivity (Wildman–Crippen MR) is 374 cm³/mol. The van der Waals surface area contributed by atoms with Gasteiger partial charge in [0.25, 0.3) is 0 Å². The molecule has 5 nitrogen and oxygen atoms in total. The lowest BCUT2D eigenvalue weighted by Gasteiger charge is -2.26. The van der Waals surface area contributed by atoms with Crippen LogP contribution in [0.5, 0.6) is 0 Å². The van der Waals surface area contributed by atoms with E-state index in [0.29, 0.717) is 0 Å². The van der Waals surface area contributed by atoms with E-state index >= 15 is 0 Å². The molecular formula is C84H56N4O. The van der Waals surface area contributed by atoms with Crippen LogP contribution in [0.3, 0.4) is 0 Å². The molecule has 3 heterocycles. The van der Waals surface area contributed by atoms with Crippen LogP contribution in [0.4, 0.5) is 34.1 Å². The van der Waals surface area contributed by atoms with Crippen LogP contribution < -0.4 is 9.80 Å². The zero-order valence-electron chi connectivity index (χ0n) is 48.5.